The van der Waals surface area contributed by atoms with Crippen LogP contribution in [0.15, 0.2) is 6.07 Å². The molecule has 1 aromatic carbocycles. The second kappa shape index (κ2) is 3.32. The van der Waals surface area contributed by atoms with Crippen molar-refractivity contribution in [3.8, 4) is 0 Å². The lowest BCUT2D eigenvalue weighted by Crippen LogP contribution is -1.98. The van der Waals surface area contributed by atoms with E-state index in [1.54, 1.807) is 0 Å². The van der Waals surface area contributed by atoms with E-state index in [0.717, 1.165) is 22.5 Å². The van der Waals surface area contributed by atoms with Gasteiger partial charge >= 0.3 is 0 Å². The molecule has 0 saturated heterocycles. The first-order valence-corrected chi connectivity index (χ1v) is 4.48. The fourth-order valence-corrected chi connectivity index (χ4v) is 1.87. The molecule has 0 aliphatic carbocycles. The van der Waals surface area contributed by atoms with Gasteiger partial charge in [-0.3, -0.25) is 0 Å². The zero-order chi connectivity index (χ0) is 9.30. The monoisotopic (exact) mass is 182 g/mol. The summed E-state index contributed by atoms with van der Waals surface area (Å²) in [6, 6.07) is 2.09. The predicted octanol–water partition coefficient (Wildman–Crippen LogP) is 2.40. The lowest BCUT2D eigenvalue weighted by atomic mass is 10.0. The SMILES string of the molecule is Cc1cc(C)c(NP)c(C)c1N. The highest BCUT2D eigenvalue weighted by atomic mass is 31.0. The van der Waals surface area contributed by atoms with Crippen molar-refractivity contribution < 1.29 is 0 Å². The molecule has 3 N–H and O–H groups in total. The Bertz CT molecular complexity index is 308. The number of nitrogens with one attached hydrogen (secondary N) is 1. The van der Waals surface area contributed by atoms with Crippen LogP contribution >= 0.6 is 9.39 Å². The molecule has 3 heteroatoms. The first-order valence-electron chi connectivity index (χ1n) is 3.90. The van der Waals surface area contributed by atoms with Crippen molar-refractivity contribution in [2.45, 2.75) is 20.8 Å². The Labute approximate surface area is 75.8 Å². The average Bonchev–Trinajstić information content (AvgIpc) is 2.01. The van der Waals surface area contributed by atoms with Crippen molar-refractivity contribution in [1.29, 1.82) is 0 Å². The van der Waals surface area contributed by atoms with Gasteiger partial charge in [0.15, 0.2) is 0 Å². The first kappa shape index (κ1) is 9.34. The average molecular weight is 182 g/mol. The molecule has 2 nitrogen and oxygen atoms in total. The number of rotatable bonds is 1. The molecule has 0 amide bonds. The van der Waals surface area contributed by atoms with Gasteiger partial charge in [-0.2, -0.15) is 0 Å². The van der Waals surface area contributed by atoms with E-state index in [9.17, 15) is 0 Å². The Hall–Kier alpha value is -0.750. The minimum absolute atomic E-state index is 0.880. The van der Waals surface area contributed by atoms with Crippen LogP contribution in [0.1, 0.15) is 16.7 Å². The lowest BCUT2D eigenvalue weighted by Gasteiger charge is -2.13. The summed E-state index contributed by atoms with van der Waals surface area (Å²) in [6.45, 7) is 6.13. The summed E-state index contributed by atoms with van der Waals surface area (Å²) in [6.07, 6.45) is 0. The largest absolute Gasteiger partial charge is 0.398 e. The number of hydrogen-bond donors (Lipinski definition) is 2. The van der Waals surface area contributed by atoms with E-state index in [-0.39, 0.29) is 0 Å². The van der Waals surface area contributed by atoms with E-state index in [2.05, 4.69) is 27.5 Å². The molecule has 0 bridgehead atoms. The summed E-state index contributed by atoms with van der Waals surface area (Å²) in [5, 5.41) is 3.07. The van der Waals surface area contributed by atoms with Crippen LogP contribution in [0.2, 0.25) is 0 Å². The first-order chi connectivity index (χ1) is 5.57. The van der Waals surface area contributed by atoms with Gasteiger partial charge in [-0.15, -0.1) is 0 Å². The van der Waals surface area contributed by atoms with E-state index >= 15 is 0 Å². The molecule has 0 heterocycles. The number of benzene rings is 1. The van der Waals surface area contributed by atoms with Crippen molar-refractivity contribution in [3.63, 3.8) is 0 Å². The van der Waals surface area contributed by atoms with E-state index in [0.29, 0.717) is 0 Å². The van der Waals surface area contributed by atoms with Gasteiger partial charge in [0.1, 0.15) is 0 Å². The summed E-state index contributed by atoms with van der Waals surface area (Å²) in [4.78, 5) is 0. The smallest absolute Gasteiger partial charge is 0.0449 e. The fraction of sp³-hybridized carbons (Fsp3) is 0.333. The number of aryl methyl sites for hydroxylation is 2. The van der Waals surface area contributed by atoms with Crippen molar-refractivity contribution >= 4 is 20.8 Å². The van der Waals surface area contributed by atoms with Crippen LogP contribution in [0.3, 0.4) is 0 Å². The number of hydrogen-bond acceptors (Lipinski definition) is 2. The highest BCUT2D eigenvalue weighted by Crippen LogP contribution is 2.29. The van der Waals surface area contributed by atoms with Crippen molar-refractivity contribution in [2.24, 2.45) is 0 Å². The maximum Gasteiger partial charge on any atom is 0.0449 e. The quantitative estimate of drug-likeness (QED) is 0.517. The number of anilines is 2. The predicted molar refractivity (Wildman–Crippen MR) is 58.4 cm³/mol. The van der Waals surface area contributed by atoms with Crippen LogP contribution in [-0.4, -0.2) is 0 Å². The second-order valence-corrected chi connectivity index (χ2v) is 3.36. The maximum absolute atomic E-state index is 5.88. The van der Waals surface area contributed by atoms with Crippen LogP contribution in [0, 0.1) is 20.8 Å². The van der Waals surface area contributed by atoms with Crippen LogP contribution in [0.4, 0.5) is 11.4 Å². The van der Waals surface area contributed by atoms with Gasteiger partial charge in [-0.25, -0.2) is 0 Å². The van der Waals surface area contributed by atoms with Gasteiger partial charge in [0.05, 0.1) is 0 Å². The van der Waals surface area contributed by atoms with Crippen LogP contribution < -0.4 is 10.8 Å². The molecule has 0 aromatic heterocycles. The molecule has 0 spiro atoms. The van der Waals surface area contributed by atoms with Crippen LogP contribution in [0.25, 0.3) is 0 Å². The van der Waals surface area contributed by atoms with E-state index in [4.69, 9.17) is 5.73 Å². The molecule has 0 aliphatic rings. The Morgan fingerprint density at radius 3 is 2.33 bits per heavy atom. The molecule has 1 atom stereocenters. The molecule has 1 unspecified atom stereocenters. The standard InChI is InChI=1S/C9H15N2P/c1-5-4-6(2)9(11-12)7(3)8(5)10/h4,11H,10,12H2,1-3H3. The van der Waals surface area contributed by atoms with E-state index in [1.165, 1.54) is 5.56 Å². The summed E-state index contributed by atoms with van der Waals surface area (Å²) < 4.78 is 0. The van der Waals surface area contributed by atoms with Crippen molar-refractivity contribution in [3.05, 3.63) is 22.8 Å². The lowest BCUT2D eigenvalue weighted by molar-refractivity contribution is 1.33. The minimum Gasteiger partial charge on any atom is -0.398 e. The summed E-state index contributed by atoms with van der Waals surface area (Å²) in [5.74, 6) is 0. The Morgan fingerprint density at radius 1 is 1.25 bits per heavy atom. The number of nitrogens with two attached hydrogens (primary N) is 1. The molecule has 0 fully saturated rings. The topological polar surface area (TPSA) is 38.0 Å². The van der Waals surface area contributed by atoms with Gasteiger partial charge in [-0.05, 0) is 46.9 Å². The maximum atomic E-state index is 5.88. The normalized spacial score (nSPS) is 10.0. The van der Waals surface area contributed by atoms with Gasteiger partial charge in [-0.1, -0.05) is 6.07 Å². The third kappa shape index (κ3) is 1.39. The van der Waals surface area contributed by atoms with Crippen molar-refractivity contribution in [1.82, 2.24) is 0 Å². The van der Waals surface area contributed by atoms with E-state index in [1.807, 2.05) is 13.8 Å². The zero-order valence-electron chi connectivity index (χ0n) is 7.73. The number of nitrogen functional groups attached to an aromatic ring is 1. The molecule has 0 aliphatic heterocycles. The Morgan fingerprint density at radius 2 is 1.83 bits per heavy atom. The molecule has 0 radical (unpaired) electrons. The Balaban J connectivity index is 3.40. The molecule has 1 rings (SSSR count). The molecule has 1 aromatic rings. The van der Waals surface area contributed by atoms with Crippen LogP contribution in [-0.2, 0) is 0 Å². The highest BCUT2D eigenvalue weighted by Gasteiger charge is 2.06. The third-order valence-electron chi connectivity index (χ3n) is 2.18. The summed E-state index contributed by atoms with van der Waals surface area (Å²) in [7, 11) is 2.49. The zero-order valence-corrected chi connectivity index (χ0v) is 8.89. The molecular formula is C9H15N2P. The fourth-order valence-electron chi connectivity index (χ4n) is 1.42. The van der Waals surface area contributed by atoms with Crippen molar-refractivity contribution in [2.75, 3.05) is 10.8 Å². The van der Waals surface area contributed by atoms with Gasteiger partial charge < -0.3 is 10.8 Å². The molecule has 0 saturated carbocycles. The van der Waals surface area contributed by atoms with Gasteiger partial charge in [0, 0.05) is 11.4 Å². The third-order valence-corrected chi connectivity index (χ3v) is 2.46. The van der Waals surface area contributed by atoms with E-state index < -0.39 is 0 Å². The highest BCUT2D eigenvalue weighted by molar-refractivity contribution is 7.18. The molecule has 12 heavy (non-hydrogen) atoms. The molecular weight excluding hydrogens is 167 g/mol. The van der Waals surface area contributed by atoms with Crippen LogP contribution in [0.5, 0.6) is 0 Å². The minimum atomic E-state index is 0.880. The summed E-state index contributed by atoms with van der Waals surface area (Å²) in [5.41, 5.74) is 11.4. The second-order valence-electron chi connectivity index (χ2n) is 3.07. The summed E-state index contributed by atoms with van der Waals surface area (Å²) >= 11 is 0. The van der Waals surface area contributed by atoms with Gasteiger partial charge in [0.2, 0.25) is 0 Å². The van der Waals surface area contributed by atoms with Gasteiger partial charge in [0.25, 0.3) is 0 Å². The molecule has 66 valence electrons. The Kier molecular flexibility index (Phi) is 2.58.